The lowest BCUT2D eigenvalue weighted by Gasteiger charge is -2.31. The van der Waals surface area contributed by atoms with Crippen molar-refractivity contribution < 1.29 is 23.2 Å². The van der Waals surface area contributed by atoms with E-state index < -0.39 is 11.9 Å². The summed E-state index contributed by atoms with van der Waals surface area (Å²) in [6, 6.07) is 12.9. The van der Waals surface area contributed by atoms with Gasteiger partial charge in [-0.1, -0.05) is 25.0 Å². The predicted molar refractivity (Wildman–Crippen MR) is 133 cm³/mol. The van der Waals surface area contributed by atoms with Gasteiger partial charge < -0.3 is 18.9 Å². The number of hydrogen-bond donors (Lipinski definition) is 1. The minimum absolute atomic E-state index is 0.0517. The van der Waals surface area contributed by atoms with Gasteiger partial charge in [0.1, 0.15) is 23.8 Å². The van der Waals surface area contributed by atoms with Crippen LogP contribution in [0.5, 0.6) is 5.75 Å². The number of carbonyl (C=O) groups is 2. The van der Waals surface area contributed by atoms with E-state index >= 15 is 0 Å². The third-order valence-corrected chi connectivity index (χ3v) is 6.32. The molecule has 0 unspecified atom stereocenters. The van der Waals surface area contributed by atoms with Crippen molar-refractivity contribution in [1.29, 1.82) is 0 Å². The number of carbonyl (C=O) groups excluding carboxylic acids is 2. The molecule has 0 aliphatic heterocycles. The van der Waals surface area contributed by atoms with Gasteiger partial charge in [-0.15, -0.1) is 10.2 Å². The van der Waals surface area contributed by atoms with Crippen LogP contribution >= 0.6 is 0 Å². The molecule has 1 saturated carbocycles. The number of tetrazole rings is 1. The molecule has 1 atom stereocenters. The maximum absolute atomic E-state index is 13.9. The molecule has 3 heterocycles. The molecule has 0 bridgehead atoms. The highest BCUT2D eigenvalue weighted by Crippen LogP contribution is 2.35. The Morgan fingerprint density at radius 3 is 2.68 bits per heavy atom. The SMILES string of the molecule is COc1ccccc1N(C(=O)Cn1nnc(-c2ccc(C)o2)n1)[C@@H](C(=O)NC1CCCC1)c1ccco1. The normalized spacial score (nSPS) is 14.4. The van der Waals surface area contributed by atoms with Gasteiger partial charge in [-0.2, -0.15) is 4.80 Å². The molecule has 5 rings (SSSR count). The molecule has 1 fully saturated rings. The number of aromatic nitrogens is 4. The molecule has 192 valence electrons. The average Bonchev–Trinajstić information content (AvgIpc) is 3.71. The smallest absolute Gasteiger partial charge is 0.251 e. The Balaban J connectivity index is 1.50. The van der Waals surface area contributed by atoms with E-state index in [-0.39, 0.29) is 24.3 Å². The molecule has 1 N–H and O–H groups in total. The third kappa shape index (κ3) is 5.25. The molecule has 3 aromatic heterocycles. The Kier molecular flexibility index (Phi) is 7.02. The molecule has 1 aliphatic rings. The lowest BCUT2D eigenvalue weighted by Crippen LogP contribution is -2.47. The van der Waals surface area contributed by atoms with Gasteiger partial charge in [0.25, 0.3) is 11.8 Å². The van der Waals surface area contributed by atoms with Crippen molar-refractivity contribution in [2.75, 3.05) is 12.0 Å². The molecule has 11 heteroatoms. The molecule has 0 saturated heterocycles. The van der Waals surface area contributed by atoms with Crippen molar-refractivity contribution in [2.24, 2.45) is 0 Å². The monoisotopic (exact) mass is 504 g/mol. The number of anilines is 1. The van der Waals surface area contributed by atoms with Crippen molar-refractivity contribution in [3.8, 4) is 17.3 Å². The van der Waals surface area contributed by atoms with E-state index in [1.807, 2.05) is 6.92 Å². The highest BCUT2D eigenvalue weighted by molar-refractivity contribution is 6.02. The van der Waals surface area contributed by atoms with E-state index in [0.29, 0.717) is 28.7 Å². The average molecular weight is 505 g/mol. The number of ether oxygens (including phenoxy) is 1. The lowest BCUT2D eigenvalue weighted by molar-refractivity contribution is -0.128. The third-order valence-electron chi connectivity index (χ3n) is 6.32. The Morgan fingerprint density at radius 1 is 1.16 bits per heavy atom. The van der Waals surface area contributed by atoms with Crippen LogP contribution in [-0.2, 0) is 16.1 Å². The molecule has 4 aromatic rings. The van der Waals surface area contributed by atoms with Crippen LogP contribution in [0.2, 0.25) is 0 Å². The zero-order valence-electron chi connectivity index (χ0n) is 20.7. The number of methoxy groups -OCH3 is 1. The summed E-state index contributed by atoms with van der Waals surface area (Å²) in [5, 5.41) is 15.4. The van der Waals surface area contributed by atoms with Gasteiger partial charge in [-0.3, -0.25) is 14.5 Å². The topological polar surface area (TPSA) is 129 Å². The van der Waals surface area contributed by atoms with Crippen LogP contribution < -0.4 is 15.0 Å². The second-order valence-corrected chi connectivity index (χ2v) is 8.90. The summed E-state index contributed by atoms with van der Waals surface area (Å²) in [4.78, 5) is 30.1. The zero-order valence-corrected chi connectivity index (χ0v) is 20.7. The first-order chi connectivity index (χ1) is 18.0. The van der Waals surface area contributed by atoms with E-state index in [0.717, 1.165) is 25.7 Å². The molecule has 1 aromatic carbocycles. The van der Waals surface area contributed by atoms with E-state index in [1.54, 1.807) is 48.5 Å². The van der Waals surface area contributed by atoms with E-state index in [1.165, 1.54) is 23.1 Å². The largest absolute Gasteiger partial charge is 0.495 e. The van der Waals surface area contributed by atoms with Gasteiger partial charge in [0.05, 0.1) is 19.1 Å². The summed E-state index contributed by atoms with van der Waals surface area (Å²) in [7, 11) is 1.51. The minimum Gasteiger partial charge on any atom is -0.495 e. The summed E-state index contributed by atoms with van der Waals surface area (Å²) < 4.78 is 16.8. The first-order valence-electron chi connectivity index (χ1n) is 12.2. The minimum atomic E-state index is -1.07. The van der Waals surface area contributed by atoms with Gasteiger partial charge in [-0.05, 0) is 61.4 Å². The molecule has 1 aliphatic carbocycles. The number of hydrogen-bond acceptors (Lipinski definition) is 8. The number of rotatable bonds is 9. The maximum Gasteiger partial charge on any atom is 0.251 e. The van der Waals surface area contributed by atoms with Crippen LogP contribution in [0.1, 0.15) is 43.2 Å². The number of furan rings is 2. The van der Waals surface area contributed by atoms with Gasteiger partial charge in [0.15, 0.2) is 11.8 Å². The number of nitrogens with one attached hydrogen (secondary N) is 1. The fourth-order valence-corrected chi connectivity index (χ4v) is 4.58. The molecule has 11 nitrogen and oxygen atoms in total. The Hall–Kier alpha value is -4.41. The molecular formula is C26H28N6O5. The van der Waals surface area contributed by atoms with Gasteiger partial charge >= 0.3 is 0 Å². The van der Waals surface area contributed by atoms with Gasteiger partial charge in [0.2, 0.25) is 5.82 Å². The lowest BCUT2D eigenvalue weighted by atomic mass is 10.1. The predicted octanol–water partition coefficient (Wildman–Crippen LogP) is 3.68. The molecule has 0 radical (unpaired) electrons. The van der Waals surface area contributed by atoms with Crippen molar-refractivity contribution in [3.63, 3.8) is 0 Å². The Morgan fingerprint density at radius 2 is 1.97 bits per heavy atom. The van der Waals surface area contributed by atoms with Gasteiger partial charge in [-0.25, -0.2) is 0 Å². The fourth-order valence-electron chi connectivity index (χ4n) is 4.58. The van der Waals surface area contributed by atoms with Crippen LogP contribution in [-0.4, -0.2) is 45.2 Å². The fraction of sp³-hybridized carbons (Fsp3) is 0.346. The Labute approximate surface area is 213 Å². The van der Waals surface area contributed by atoms with Crippen LogP contribution in [0.3, 0.4) is 0 Å². The second-order valence-electron chi connectivity index (χ2n) is 8.90. The van der Waals surface area contributed by atoms with Crippen LogP contribution in [0, 0.1) is 6.92 Å². The highest BCUT2D eigenvalue weighted by atomic mass is 16.5. The highest BCUT2D eigenvalue weighted by Gasteiger charge is 2.37. The van der Waals surface area contributed by atoms with Crippen molar-refractivity contribution in [1.82, 2.24) is 25.5 Å². The molecular weight excluding hydrogens is 476 g/mol. The summed E-state index contributed by atoms with van der Waals surface area (Å²) in [6.45, 7) is 1.53. The second kappa shape index (κ2) is 10.7. The van der Waals surface area contributed by atoms with Crippen molar-refractivity contribution >= 4 is 17.5 Å². The van der Waals surface area contributed by atoms with Crippen LogP contribution in [0.25, 0.3) is 11.6 Å². The summed E-state index contributed by atoms with van der Waals surface area (Å²) in [5.74, 6) is 1.38. The van der Waals surface area contributed by atoms with E-state index in [4.69, 9.17) is 13.6 Å². The number of benzene rings is 1. The summed E-state index contributed by atoms with van der Waals surface area (Å²) in [6.07, 6.45) is 5.39. The summed E-state index contributed by atoms with van der Waals surface area (Å²) >= 11 is 0. The zero-order chi connectivity index (χ0) is 25.8. The quantitative estimate of drug-likeness (QED) is 0.366. The number of aryl methyl sites for hydroxylation is 1. The maximum atomic E-state index is 13.9. The van der Waals surface area contributed by atoms with Crippen molar-refractivity contribution in [2.45, 2.75) is 51.2 Å². The van der Waals surface area contributed by atoms with E-state index in [9.17, 15) is 9.59 Å². The molecule has 37 heavy (non-hydrogen) atoms. The number of para-hydroxylation sites is 2. The number of amides is 2. The standard InChI is InChI=1S/C26H28N6O5/c1-17-13-14-22(37-17)25-28-30-31(29-25)16-23(33)32(19-10-5-6-11-20(19)35-2)24(21-12-7-15-36-21)26(34)27-18-8-3-4-9-18/h5-7,10-15,18,24H,3-4,8-9,16H2,1-2H3,(H,27,34)/t24-/m1/s1. The van der Waals surface area contributed by atoms with Crippen LogP contribution in [0.15, 0.2) is 63.6 Å². The van der Waals surface area contributed by atoms with Crippen LogP contribution in [0.4, 0.5) is 5.69 Å². The van der Waals surface area contributed by atoms with E-state index in [2.05, 4.69) is 20.7 Å². The molecule has 0 spiro atoms. The number of nitrogens with zero attached hydrogens (tertiary/aromatic N) is 5. The first kappa shape index (κ1) is 24.3. The Bertz CT molecular complexity index is 1360. The summed E-state index contributed by atoms with van der Waals surface area (Å²) in [5.41, 5.74) is 0.417. The van der Waals surface area contributed by atoms with Gasteiger partial charge in [0, 0.05) is 6.04 Å². The first-order valence-corrected chi connectivity index (χ1v) is 12.2. The van der Waals surface area contributed by atoms with Crippen molar-refractivity contribution in [3.05, 3.63) is 66.3 Å². The molecule has 2 amide bonds.